The molecule has 1 fully saturated rings. The average molecular weight is 108 g/mol. The van der Waals surface area contributed by atoms with Gasteiger partial charge in [-0.2, -0.15) is 0 Å². The Hall–Kier alpha value is -0.770. The van der Waals surface area contributed by atoms with E-state index in [1.165, 1.54) is 0 Å². The van der Waals surface area contributed by atoms with Gasteiger partial charge in [0.1, 0.15) is 0 Å². The van der Waals surface area contributed by atoms with E-state index in [0.29, 0.717) is 5.92 Å². The third-order valence-corrected chi connectivity index (χ3v) is 1.59. The second-order valence-electron chi connectivity index (χ2n) is 2.33. The maximum absolute atomic E-state index is 10.5. The van der Waals surface area contributed by atoms with Crippen molar-refractivity contribution in [2.24, 2.45) is 11.8 Å². The van der Waals surface area contributed by atoms with Crippen LogP contribution in [-0.2, 0) is 4.79 Å². The number of rotatable bonds is 1. The first-order chi connectivity index (χ1) is 3.75. The summed E-state index contributed by atoms with van der Waals surface area (Å²) in [5.41, 5.74) is 0. The molecule has 1 heteroatoms. The highest BCUT2D eigenvalue weighted by Gasteiger charge is 2.37. The molecule has 0 bridgehead atoms. The SMILES string of the molecule is C#CC(=O)C1CC1C. The minimum absolute atomic E-state index is 0.0162. The zero-order chi connectivity index (χ0) is 6.15. The van der Waals surface area contributed by atoms with Crippen LogP contribution in [0.4, 0.5) is 0 Å². The van der Waals surface area contributed by atoms with Crippen LogP contribution in [0.3, 0.4) is 0 Å². The van der Waals surface area contributed by atoms with Gasteiger partial charge in [-0.25, -0.2) is 0 Å². The summed E-state index contributed by atoms with van der Waals surface area (Å²) in [7, 11) is 0. The molecule has 0 spiro atoms. The Balaban J connectivity index is 2.43. The van der Waals surface area contributed by atoms with Crippen LogP contribution in [0.1, 0.15) is 13.3 Å². The number of carbonyl (C=O) groups excluding carboxylic acids is 1. The molecule has 1 aliphatic carbocycles. The fourth-order valence-corrected chi connectivity index (χ4v) is 0.794. The highest BCUT2D eigenvalue weighted by atomic mass is 16.1. The van der Waals surface area contributed by atoms with E-state index < -0.39 is 0 Å². The predicted molar refractivity (Wildman–Crippen MR) is 31.1 cm³/mol. The van der Waals surface area contributed by atoms with Gasteiger partial charge in [0.05, 0.1) is 0 Å². The van der Waals surface area contributed by atoms with Gasteiger partial charge in [0.15, 0.2) is 0 Å². The second-order valence-corrected chi connectivity index (χ2v) is 2.33. The lowest BCUT2D eigenvalue weighted by molar-refractivity contribution is -0.115. The zero-order valence-corrected chi connectivity index (χ0v) is 4.85. The van der Waals surface area contributed by atoms with Crippen molar-refractivity contribution in [2.75, 3.05) is 0 Å². The molecular weight excluding hydrogens is 100 g/mol. The van der Waals surface area contributed by atoms with E-state index in [2.05, 4.69) is 5.92 Å². The van der Waals surface area contributed by atoms with Crippen molar-refractivity contribution in [2.45, 2.75) is 13.3 Å². The van der Waals surface area contributed by atoms with Crippen molar-refractivity contribution in [3.8, 4) is 12.3 Å². The van der Waals surface area contributed by atoms with Gasteiger partial charge in [0.2, 0.25) is 5.78 Å². The van der Waals surface area contributed by atoms with Gasteiger partial charge in [0.25, 0.3) is 0 Å². The largest absolute Gasteiger partial charge is 0.285 e. The fourth-order valence-electron chi connectivity index (χ4n) is 0.794. The minimum atomic E-state index is -0.0162. The van der Waals surface area contributed by atoms with Crippen LogP contribution in [0, 0.1) is 24.2 Å². The summed E-state index contributed by atoms with van der Waals surface area (Å²) in [6.07, 6.45) is 5.88. The lowest BCUT2D eigenvalue weighted by Crippen LogP contribution is -1.95. The van der Waals surface area contributed by atoms with E-state index in [9.17, 15) is 4.79 Å². The maximum atomic E-state index is 10.5. The van der Waals surface area contributed by atoms with Crippen LogP contribution in [0.25, 0.3) is 0 Å². The van der Waals surface area contributed by atoms with E-state index in [1.54, 1.807) is 0 Å². The molecule has 0 aromatic carbocycles. The van der Waals surface area contributed by atoms with E-state index in [1.807, 2.05) is 6.92 Å². The van der Waals surface area contributed by atoms with E-state index in [0.717, 1.165) is 6.42 Å². The Morgan fingerprint density at radius 2 is 2.38 bits per heavy atom. The van der Waals surface area contributed by atoms with Crippen molar-refractivity contribution < 1.29 is 4.79 Å². The van der Waals surface area contributed by atoms with Gasteiger partial charge in [-0.3, -0.25) is 4.79 Å². The van der Waals surface area contributed by atoms with Gasteiger partial charge in [-0.15, -0.1) is 6.42 Å². The molecule has 2 unspecified atom stereocenters. The van der Waals surface area contributed by atoms with Gasteiger partial charge in [-0.1, -0.05) is 6.92 Å². The van der Waals surface area contributed by atoms with Gasteiger partial charge < -0.3 is 0 Å². The number of terminal acetylenes is 1. The molecule has 42 valence electrons. The van der Waals surface area contributed by atoms with Crippen molar-refractivity contribution in [1.82, 2.24) is 0 Å². The first-order valence-electron chi connectivity index (χ1n) is 2.76. The number of hydrogen-bond donors (Lipinski definition) is 0. The molecule has 2 atom stereocenters. The van der Waals surface area contributed by atoms with Crippen LogP contribution in [-0.4, -0.2) is 5.78 Å². The smallest absolute Gasteiger partial charge is 0.208 e. The normalized spacial score (nSPS) is 33.5. The highest BCUT2D eigenvalue weighted by molar-refractivity contribution is 5.98. The summed E-state index contributed by atoms with van der Waals surface area (Å²) < 4.78 is 0. The lowest BCUT2D eigenvalue weighted by Gasteiger charge is -1.80. The third-order valence-electron chi connectivity index (χ3n) is 1.59. The van der Waals surface area contributed by atoms with E-state index in [4.69, 9.17) is 6.42 Å². The van der Waals surface area contributed by atoms with Crippen molar-refractivity contribution >= 4 is 5.78 Å². The first-order valence-corrected chi connectivity index (χ1v) is 2.76. The lowest BCUT2D eigenvalue weighted by atomic mass is 10.2. The van der Waals surface area contributed by atoms with E-state index in [-0.39, 0.29) is 11.7 Å². The fraction of sp³-hybridized carbons (Fsp3) is 0.571. The molecular formula is C7H8O. The molecule has 8 heavy (non-hydrogen) atoms. The van der Waals surface area contributed by atoms with Gasteiger partial charge in [0, 0.05) is 5.92 Å². The summed E-state index contributed by atoms with van der Waals surface area (Å²) >= 11 is 0. The molecule has 0 aliphatic heterocycles. The Kier molecular flexibility index (Phi) is 1.09. The minimum Gasteiger partial charge on any atom is -0.285 e. The summed E-state index contributed by atoms with van der Waals surface area (Å²) in [6.45, 7) is 2.04. The van der Waals surface area contributed by atoms with Crippen LogP contribution in [0.15, 0.2) is 0 Å². The number of hydrogen-bond acceptors (Lipinski definition) is 1. The maximum Gasteiger partial charge on any atom is 0.208 e. The third kappa shape index (κ3) is 0.742. The van der Waals surface area contributed by atoms with E-state index >= 15 is 0 Å². The van der Waals surface area contributed by atoms with Gasteiger partial charge >= 0.3 is 0 Å². The standard InChI is InChI=1S/C7H8O/c1-3-7(8)6-4-5(6)2/h1,5-6H,4H2,2H3. The Morgan fingerprint density at radius 3 is 2.50 bits per heavy atom. The van der Waals surface area contributed by atoms with Gasteiger partial charge in [-0.05, 0) is 18.3 Å². The molecule has 0 amide bonds. The molecule has 0 aromatic rings. The molecule has 0 aromatic heterocycles. The molecule has 1 nitrogen and oxygen atoms in total. The van der Waals surface area contributed by atoms with Crippen molar-refractivity contribution in [3.05, 3.63) is 0 Å². The average Bonchev–Trinajstić information content (AvgIpc) is 2.45. The summed E-state index contributed by atoms with van der Waals surface area (Å²) in [5, 5.41) is 0. The Morgan fingerprint density at radius 1 is 1.88 bits per heavy atom. The summed E-state index contributed by atoms with van der Waals surface area (Å²) in [6, 6.07) is 0. The van der Waals surface area contributed by atoms with Crippen LogP contribution in [0.2, 0.25) is 0 Å². The molecule has 0 heterocycles. The zero-order valence-electron chi connectivity index (χ0n) is 4.85. The monoisotopic (exact) mass is 108 g/mol. The molecule has 0 radical (unpaired) electrons. The summed E-state index contributed by atoms with van der Waals surface area (Å²) in [5.74, 6) is 2.86. The summed E-state index contributed by atoms with van der Waals surface area (Å²) in [4.78, 5) is 10.5. The second kappa shape index (κ2) is 1.63. The molecule has 1 aliphatic rings. The molecule has 1 saturated carbocycles. The van der Waals surface area contributed by atoms with Crippen LogP contribution in [0.5, 0.6) is 0 Å². The number of carbonyl (C=O) groups is 1. The van der Waals surface area contributed by atoms with Crippen LogP contribution >= 0.6 is 0 Å². The number of Topliss-reactive ketones (excluding diaryl/α,β-unsaturated/α-hetero) is 1. The predicted octanol–water partition coefficient (Wildman–Crippen LogP) is 0.845. The Labute approximate surface area is 49.1 Å². The van der Waals surface area contributed by atoms with Crippen molar-refractivity contribution in [1.29, 1.82) is 0 Å². The molecule has 1 rings (SSSR count). The Bertz CT molecular complexity index is 152. The first kappa shape index (κ1) is 5.37. The molecule has 0 N–H and O–H groups in total. The topological polar surface area (TPSA) is 17.1 Å². The van der Waals surface area contributed by atoms with Crippen LogP contribution < -0.4 is 0 Å². The quantitative estimate of drug-likeness (QED) is 0.359. The number of ketones is 1. The highest BCUT2D eigenvalue weighted by Crippen LogP contribution is 2.37. The van der Waals surface area contributed by atoms with Crippen molar-refractivity contribution in [3.63, 3.8) is 0 Å². The molecule has 0 saturated heterocycles.